The maximum atomic E-state index is 14.4. The molecule has 2 N–H and O–H groups in total. The number of hydrazone groups is 1. The molecular formula is C36H46F3N7O. The minimum atomic E-state index is -4.58. The number of benzene rings is 2. The number of aromatic nitrogens is 1. The monoisotopic (exact) mass is 649 g/mol. The van der Waals surface area contributed by atoms with Gasteiger partial charge in [0.05, 0.1) is 12.1 Å². The van der Waals surface area contributed by atoms with Crippen molar-refractivity contribution < 1.29 is 18.0 Å². The van der Waals surface area contributed by atoms with Crippen LogP contribution in [-0.2, 0) is 19.3 Å². The molecular weight excluding hydrogens is 603 g/mol. The predicted molar refractivity (Wildman–Crippen MR) is 182 cm³/mol. The van der Waals surface area contributed by atoms with Gasteiger partial charge in [-0.15, -0.1) is 0 Å². The van der Waals surface area contributed by atoms with Crippen molar-refractivity contribution in [1.29, 1.82) is 0 Å². The van der Waals surface area contributed by atoms with Gasteiger partial charge in [0.15, 0.2) is 5.84 Å². The minimum Gasteiger partial charge on any atom is -0.370 e. The number of rotatable bonds is 7. The van der Waals surface area contributed by atoms with E-state index in [9.17, 15) is 18.0 Å². The van der Waals surface area contributed by atoms with Crippen LogP contribution in [0.5, 0.6) is 0 Å². The van der Waals surface area contributed by atoms with Crippen molar-refractivity contribution >= 4 is 23.4 Å². The number of carbonyl (C=O) groups excluding carboxylic acids is 1. The number of amidine groups is 1. The Hall–Kier alpha value is -4.12. The second-order valence-electron chi connectivity index (χ2n) is 12.1. The summed E-state index contributed by atoms with van der Waals surface area (Å²) in [4.78, 5) is 24.1. The normalized spacial score (nSPS) is 17.8. The number of hydrogen-bond donors (Lipinski definition) is 2. The highest BCUT2D eigenvalue weighted by atomic mass is 19.4. The molecule has 7 rings (SSSR count). The number of carbonyl (C=O) groups is 1. The summed E-state index contributed by atoms with van der Waals surface area (Å²) in [6, 6.07) is 14.4. The molecule has 4 aliphatic rings. The second-order valence-corrected chi connectivity index (χ2v) is 12.1. The molecule has 8 nitrogen and oxygen atoms in total. The van der Waals surface area contributed by atoms with Gasteiger partial charge in [0.1, 0.15) is 18.3 Å². The van der Waals surface area contributed by atoms with E-state index in [-0.39, 0.29) is 17.7 Å². The Kier molecular flexibility index (Phi) is 10.1. The Morgan fingerprint density at radius 3 is 2.32 bits per heavy atom. The van der Waals surface area contributed by atoms with Crippen molar-refractivity contribution in [1.82, 2.24) is 20.2 Å². The fraction of sp³-hybridized carbons (Fsp3) is 0.472. The van der Waals surface area contributed by atoms with Crippen LogP contribution in [-0.4, -0.2) is 59.9 Å². The topological polar surface area (TPSA) is 76.1 Å². The molecule has 1 saturated carbocycles. The highest BCUT2D eigenvalue weighted by molar-refractivity contribution is 6.10. The highest BCUT2D eigenvalue weighted by Crippen LogP contribution is 2.53. The smallest absolute Gasteiger partial charge is 0.370 e. The Bertz CT molecular complexity index is 1630. The SMILES string of the molecule is CC.CC.CCNc1cc(-c2ccccc2C2=NNCN2C)cc(N2Cc3c(cc(CN4CCC5(CC5)C4)cc3C(F)(F)F)C2=O)n1. The Morgan fingerprint density at radius 1 is 0.979 bits per heavy atom. The summed E-state index contributed by atoms with van der Waals surface area (Å²) >= 11 is 0. The molecule has 0 bridgehead atoms. The number of amides is 1. The van der Waals surface area contributed by atoms with E-state index in [4.69, 9.17) is 0 Å². The molecule has 2 fully saturated rings. The highest BCUT2D eigenvalue weighted by Gasteiger charge is 2.47. The number of nitrogens with one attached hydrogen (secondary N) is 2. The molecule has 0 unspecified atom stereocenters. The molecule has 2 aromatic carbocycles. The van der Waals surface area contributed by atoms with Crippen LogP contribution in [0.2, 0.25) is 0 Å². The van der Waals surface area contributed by atoms with Crippen LogP contribution < -0.4 is 15.6 Å². The molecule has 1 aliphatic carbocycles. The number of fused-ring (bicyclic) bond motifs is 1. The maximum Gasteiger partial charge on any atom is 0.416 e. The van der Waals surface area contributed by atoms with E-state index in [1.54, 1.807) is 12.1 Å². The first-order chi connectivity index (χ1) is 22.6. The van der Waals surface area contributed by atoms with Gasteiger partial charge in [0, 0.05) is 37.8 Å². The van der Waals surface area contributed by atoms with Crippen LogP contribution in [0.25, 0.3) is 11.1 Å². The maximum absolute atomic E-state index is 14.4. The Labute approximate surface area is 276 Å². The third-order valence-corrected chi connectivity index (χ3v) is 9.07. The van der Waals surface area contributed by atoms with Gasteiger partial charge in [-0.1, -0.05) is 52.0 Å². The summed E-state index contributed by atoms with van der Waals surface area (Å²) in [6.07, 6.45) is -1.09. The van der Waals surface area contributed by atoms with Crippen molar-refractivity contribution in [2.75, 3.05) is 43.6 Å². The van der Waals surface area contributed by atoms with Gasteiger partial charge < -0.3 is 10.2 Å². The quantitative estimate of drug-likeness (QED) is 0.275. The predicted octanol–water partition coefficient (Wildman–Crippen LogP) is 7.55. The van der Waals surface area contributed by atoms with Crippen LogP contribution >= 0.6 is 0 Å². The van der Waals surface area contributed by atoms with Crippen molar-refractivity contribution in [3.63, 3.8) is 0 Å². The molecule has 0 atom stereocenters. The number of halogens is 3. The summed E-state index contributed by atoms with van der Waals surface area (Å²) in [5.74, 6) is 1.14. The van der Waals surface area contributed by atoms with E-state index in [0.717, 1.165) is 42.0 Å². The third-order valence-electron chi connectivity index (χ3n) is 9.07. The lowest BCUT2D eigenvalue weighted by Gasteiger charge is -2.20. The molecule has 11 heteroatoms. The van der Waals surface area contributed by atoms with E-state index < -0.39 is 17.6 Å². The van der Waals surface area contributed by atoms with Crippen molar-refractivity contribution in [2.24, 2.45) is 10.5 Å². The molecule has 1 amide bonds. The molecule has 252 valence electrons. The molecule has 1 spiro atoms. The van der Waals surface area contributed by atoms with Crippen LogP contribution in [0.15, 0.2) is 53.6 Å². The van der Waals surface area contributed by atoms with E-state index in [1.807, 2.05) is 76.9 Å². The average Bonchev–Trinajstić information content (AvgIpc) is 3.33. The number of anilines is 2. The summed E-state index contributed by atoms with van der Waals surface area (Å²) in [5, 5.41) is 7.67. The zero-order valence-corrected chi connectivity index (χ0v) is 28.3. The Balaban J connectivity index is 0.00000105. The second kappa shape index (κ2) is 13.9. The van der Waals surface area contributed by atoms with Crippen molar-refractivity contribution in [2.45, 2.75) is 73.1 Å². The summed E-state index contributed by atoms with van der Waals surface area (Å²) in [7, 11) is 1.94. The average molecular weight is 650 g/mol. The third kappa shape index (κ3) is 6.95. The molecule has 3 aromatic rings. The molecule has 1 saturated heterocycles. The number of hydrogen-bond acceptors (Lipinski definition) is 7. The molecule has 47 heavy (non-hydrogen) atoms. The van der Waals surface area contributed by atoms with Crippen molar-refractivity contribution in [3.05, 3.63) is 76.3 Å². The number of likely N-dealkylation sites (tertiary alicyclic amines) is 1. The first-order valence-corrected chi connectivity index (χ1v) is 16.8. The first-order valence-electron chi connectivity index (χ1n) is 16.8. The summed E-state index contributed by atoms with van der Waals surface area (Å²) < 4.78 is 43.2. The lowest BCUT2D eigenvalue weighted by atomic mass is 9.98. The van der Waals surface area contributed by atoms with Gasteiger partial charge in [-0.2, -0.15) is 18.3 Å². The number of alkyl halides is 3. The molecule has 4 heterocycles. The van der Waals surface area contributed by atoms with Crippen LogP contribution in [0.1, 0.15) is 86.5 Å². The first kappa shape index (κ1) is 34.2. The zero-order valence-electron chi connectivity index (χ0n) is 28.3. The van der Waals surface area contributed by atoms with E-state index >= 15 is 0 Å². The van der Waals surface area contributed by atoms with Gasteiger partial charge in [-0.3, -0.25) is 20.0 Å². The lowest BCUT2D eigenvalue weighted by molar-refractivity contribution is -0.138. The van der Waals surface area contributed by atoms with Crippen LogP contribution in [0, 0.1) is 5.41 Å². The molecule has 3 aliphatic heterocycles. The minimum absolute atomic E-state index is 0.00643. The van der Waals surface area contributed by atoms with Crippen LogP contribution in [0.4, 0.5) is 24.8 Å². The van der Waals surface area contributed by atoms with Crippen LogP contribution in [0.3, 0.4) is 0 Å². The van der Waals surface area contributed by atoms with E-state index in [2.05, 4.69) is 25.7 Å². The molecule has 1 aromatic heterocycles. The van der Waals surface area contributed by atoms with E-state index in [1.165, 1.54) is 23.8 Å². The standard InChI is InChI=1S/C32H34F3N7O.2C2H6/c1-3-36-27-14-21(22-6-4-5-7-23(22)29-39-37-19-40(29)2)15-28(38-27)42-17-25-24(30(42)43)12-20(13-26(25)32(33,34)35)16-41-11-10-31(18-41)8-9-31;2*1-2/h4-7,12-15,37H,3,8-11,16-19H2,1-2H3,(H,36,38);2*1-2H3. The fourth-order valence-corrected chi connectivity index (χ4v) is 6.66. The summed E-state index contributed by atoms with van der Waals surface area (Å²) in [6.45, 7) is 13.1. The van der Waals surface area contributed by atoms with Gasteiger partial charge >= 0.3 is 6.18 Å². The van der Waals surface area contributed by atoms with Gasteiger partial charge in [0.25, 0.3) is 5.91 Å². The number of pyridine rings is 1. The van der Waals surface area contributed by atoms with Gasteiger partial charge in [-0.25, -0.2) is 4.98 Å². The molecule has 0 radical (unpaired) electrons. The van der Waals surface area contributed by atoms with Gasteiger partial charge in [-0.05, 0) is 84.7 Å². The van der Waals surface area contributed by atoms with Crippen molar-refractivity contribution in [3.8, 4) is 11.1 Å². The number of nitrogens with zero attached hydrogens (tertiary/aromatic N) is 5. The summed E-state index contributed by atoms with van der Waals surface area (Å²) in [5.41, 5.74) is 5.82. The zero-order chi connectivity index (χ0) is 33.9. The largest absolute Gasteiger partial charge is 0.416 e. The lowest BCUT2D eigenvalue weighted by Crippen LogP contribution is -2.26. The van der Waals surface area contributed by atoms with Gasteiger partial charge in [0.2, 0.25) is 0 Å². The van der Waals surface area contributed by atoms with E-state index in [0.29, 0.717) is 42.4 Å². The Morgan fingerprint density at radius 2 is 1.70 bits per heavy atom. The fourth-order valence-electron chi connectivity index (χ4n) is 6.66.